The second-order valence-corrected chi connectivity index (χ2v) is 3.39. The van der Waals surface area contributed by atoms with E-state index in [-0.39, 0.29) is 5.78 Å². The van der Waals surface area contributed by atoms with Gasteiger partial charge in [-0.2, -0.15) is 0 Å². The van der Waals surface area contributed by atoms with Crippen molar-refractivity contribution in [1.29, 1.82) is 0 Å². The smallest absolute Gasteiger partial charge is 0.185 e. The Morgan fingerprint density at radius 3 is 2.75 bits per heavy atom. The highest BCUT2D eigenvalue weighted by Gasteiger charge is 2.13. The molecule has 0 spiro atoms. The Kier molecular flexibility index (Phi) is 5.76. The predicted octanol–water partition coefficient (Wildman–Crippen LogP) is 2.07. The molecule has 0 heterocycles. The monoisotopic (exact) mass is 185 g/mol. The average molecular weight is 185 g/mol. The normalized spacial score (nSPS) is 13.2. The molecule has 0 aliphatic rings. The third-order valence-corrected chi connectivity index (χ3v) is 2.29. The number of Topliss-reactive ketones (excluding diaryl/α,β-unsaturated/α-hetero) is 1. The summed E-state index contributed by atoms with van der Waals surface area (Å²) in [4.78, 5) is 11.8. The SMILES string of the molecule is C=C(S/C=C\C)C(=O)C(N)CC. The molecule has 2 nitrogen and oxygen atoms in total. The molecule has 68 valence electrons. The van der Waals surface area contributed by atoms with Crippen molar-refractivity contribution in [3.63, 3.8) is 0 Å². The zero-order valence-corrected chi connectivity index (χ0v) is 8.36. The van der Waals surface area contributed by atoms with Crippen molar-refractivity contribution in [3.8, 4) is 0 Å². The van der Waals surface area contributed by atoms with Gasteiger partial charge in [0.1, 0.15) is 0 Å². The van der Waals surface area contributed by atoms with Crippen molar-refractivity contribution in [1.82, 2.24) is 0 Å². The number of hydrogen-bond acceptors (Lipinski definition) is 3. The van der Waals surface area contributed by atoms with Crippen LogP contribution in [0.1, 0.15) is 20.3 Å². The molecule has 0 aliphatic heterocycles. The van der Waals surface area contributed by atoms with Gasteiger partial charge < -0.3 is 5.73 Å². The maximum absolute atomic E-state index is 11.3. The van der Waals surface area contributed by atoms with Crippen molar-refractivity contribution in [2.75, 3.05) is 0 Å². The van der Waals surface area contributed by atoms with Crippen LogP contribution in [0.4, 0.5) is 0 Å². The molecule has 0 amide bonds. The third kappa shape index (κ3) is 3.74. The Morgan fingerprint density at radius 2 is 2.33 bits per heavy atom. The zero-order chi connectivity index (χ0) is 9.56. The van der Waals surface area contributed by atoms with Crippen LogP contribution in [-0.2, 0) is 4.79 Å². The molecule has 0 saturated heterocycles. The number of nitrogens with two attached hydrogens (primary N) is 1. The first-order valence-electron chi connectivity index (χ1n) is 3.90. The van der Waals surface area contributed by atoms with Gasteiger partial charge in [0, 0.05) is 4.91 Å². The fraction of sp³-hybridized carbons (Fsp3) is 0.444. The highest BCUT2D eigenvalue weighted by molar-refractivity contribution is 8.06. The summed E-state index contributed by atoms with van der Waals surface area (Å²) in [5.41, 5.74) is 5.54. The highest BCUT2D eigenvalue weighted by Crippen LogP contribution is 2.17. The Hall–Kier alpha value is -0.540. The molecule has 0 aliphatic carbocycles. The van der Waals surface area contributed by atoms with Crippen molar-refractivity contribution in [2.45, 2.75) is 26.3 Å². The minimum atomic E-state index is -0.393. The van der Waals surface area contributed by atoms with Crippen LogP contribution in [0.25, 0.3) is 0 Å². The van der Waals surface area contributed by atoms with Crippen LogP contribution >= 0.6 is 11.8 Å². The van der Waals surface area contributed by atoms with E-state index in [2.05, 4.69) is 6.58 Å². The van der Waals surface area contributed by atoms with Crippen LogP contribution in [0, 0.1) is 0 Å². The molecule has 0 saturated carbocycles. The Bertz CT molecular complexity index is 199. The zero-order valence-electron chi connectivity index (χ0n) is 7.54. The minimum Gasteiger partial charge on any atom is -0.321 e. The van der Waals surface area contributed by atoms with E-state index >= 15 is 0 Å². The van der Waals surface area contributed by atoms with E-state index in [1.165, 1.54) is 11.8 Å². The summed E-state index contributed by atoms with van der Waals surface area (Å²) in [6, 6.07) is -0.393. The van der Waals surface area contributed by atoms with Crippen LogP contribution in [-0.4, -0.2) is 11.8 Å². The topological polar surface area (TPSA) is 43.1 Å². The predicted molar refractivity (Wildman–Crippen MR) is 54.8 cm³/mol. The highest BCUT2D eigenvalue weighted by atomic mass is 32.2. The Morgan fingerprint density at radius 1 is 1.75 bits per heavy atom. The van der Waals surface area contributed by atoms with E-state index in [0.29, 0.717) is 11.3 Å². The summed E-state index contributed by atoms with van der Waals surface area (Å²) in [7, 11) is 0. The van der Waals surface area contributed by atoms with Crippen LogP contribution in [0.3, 0.4) is 0 Å². The van der Waals surface area contributed by atoms with Crippen LogP contribution < -0.4 is 5.73 Å². The number of allylic oxidation sites excluding steroid dienone is 1. The van der Waals surface area contributed by atoms with E-state index < -0.39 is 6.04 Å². The molecule has 0 rings (SSSR count). The number of ketones is 1. The number of carbonyl (C=O) groups is 1. The number of carbonyl (C=O) groups excluding carboxylic acids is 1. The van der Waals surface area contributed by atoms with E-state index in [4.69, 9.17) is 5.73 Å². The Balaban J connectivity index is 4.02. The summed E-state index contributed by atoms with van der Waals surface area (Å²) < 4.78 is 0. The average Bonchev–Trinajstić information content (AvgIpc) is 2.11. The summed E-state index contributed by atoms with van der Waals surface area (Å²) >= 11 is 1.32. The molecule has 3 heteroatoms. The first-order valence-corrected chi connectivity index (χ1v) is 4.78. The van der Waals surface area contributed by atoms with Gasteiger partial charge in [-0.25, -0.2) is 0 Å². The lowest BCUT2D eigenvalue weighted by Crippen LogP contribution is -2.29. The summed E-state index contributed by atoms with van der Waals surface area (Å²) in [6.45, 7) is 7.42. The van der Waals surface area contributed by atoms with Crippen molar-refractivity contribution in [2.24, 2.45) is 5.73 Å². The maximum atomic E-state index is 11.3. The van der Waals surface area contributed by atoms with Gasteiger partial charge in [0.05, 0.1) is 6.04 Å². The molecular weight excluding hydrogens is 170 g/mol. The van der Waals surface area contributed by atoms with Gasteiger partial charge in [-0.3, -0.25) is 4.79 Å². The largest absolute Gasteiger partial charge is 0.321 e. The molecule has 0 bridgehead atoms. The molecule has 0 radical (unpaired) electrons. The molecular formula is C9H15NOS. The van der Waals surface area contributed by atoms with Gasteiger partial charge in [0.25, 0.3) is 0 Å². The fourth-order valence-corrected chi connectivity index (χ4v) is 1.17. The standard InChI is InChI=1S/C9H15NOS/c1-4-6-12-7(3)9(11)8(10)5-2/h4,6,8H,3,5,10H2,1-2H3/b6-4-. The maximum Gasteiger partial charge on any atom is 0.185 e. The van der Waals surface area contributed by atoms with Crippen molar-refractivity contribution in [3.05, 3.63) is 23.0 Å². The molecule has 1 unspecified atom stereocenters. The lowest BCUT2D eigenvalue weighted by molar-refractivity contribution is -0.116. The lowest BCUT2D eigenvalue weighted by atomic mass is 10.1. The summed E-state index contributed by atoms with van der Waals surface area (Å²) in [5.74, 6) is -0.0550. The first kappa shape index (κ1) is 11.5. The molecule has 12 heavy (non-hydrogen) atoms. The summed E-state index contributed by atoms with van der Waals surface area (Å²) in [6.07, 6.45) is 2.52. The van der Waals surface area contributed by atoms with Crippen LogP contribution in [0.5, 0.6) is 0 Å². The molecule has 0 aromatic heterocycles. The van der Waals surface area contributed by atoms with Gasteiger partial charge in [0.2, 0.25) is 0 Å². The quantitative estimate of drug-likeness (QED) is 0.667. The minimum absolute atomic E-state index is 0.0550. The van der Waals surface area contributed by atoms with Gasteiger partial charge >= 0.3 is 0 Å². The van der Waals surface area contributed by atoms with E-state index in [9.17, 15) is 4.79 Å². The van der Waals surface area contributed by atoms with Gasteiger partial charge in [0.15, 0.2) is 5.78 Å². The van der Waals surface area contributed by atoms with Crippen molar-refractivity contribution < 1.29 is 4.79 Å². The van der Waals surface area contributed by atoms with Crippen LogP contribution in [0.15, 0.2) is 23.0 Å². The van der Waals surface area contributed by atoms with Gasteiger partial charge in [-0.05, 0) is 18.8 Å². The third-order valence-electron chi connectivity index (χ3n) is 1.40. The molecule has 0 aromatic rings. The van der Waals surface area contributed by atoms with E-state index in [0.717, 1.165) is 0 Å². The fourth-order valence-electron chi connectivity index (χ4n) is 0.600. The molecule has 0 fully saturated rings. The van der Waals surface area contributed by atoms with Gasteiger partial charge in [-0.1, -0.05) is 31.3 Å². The van der Waals surface area contributed by atoms with E-state index in [1.54, 1.807) is 0 Å². The number of rotatable bonds is 5. The molecule has 1 atom stereocenters. The Labute approximate surface area is 77.9 Å². The second-order valence-electron chi connectivity index (χ2n) is 2.39. The number of thioether (sulfide) groups is 1. The lowest BCUT2D eigenvalue weighted by Gasteiger charge is -2.07. The molecule has 0 aromatic carbocycles. The summed E-state index contributed by atoms with van der Waals surface area (Å²) in [5, 5.41) is 1.82. The van der Waals surface area contributed by atoms with Crippen LogP contribution in [0.2, 0.25) is 0 Å². The van der Waals surface area contributed by atoms with Gasteiger partial charge in [-0.15, -0.1) is 0 Å². The first-order chi connectivity index (χ1) is 5.63. The molecule has 2 N–H and O–H groups in total. The number of hydrogen-bond donors (Lipinski definition) is 1. The van der Waals surface area contributed by atoms with E-state index in [1.807, 2.05) is 25.3 Å². The second kappa shape index (κ2) is 6.03. The van der Waals surface area contributed by atoms with Crippen molar-refractivity contribution >= 4 is 17.5 Å².